The molecule has 0 saturated carbocycles. The number of thiol groups is 1. The minimum absolute atomic E-state index is 0.105. The van der Waals surface area contributed by atoms with E-state index in [1.54, 1.807) is 0 Å². The number of carbonyl (C=O) groups excluding carboxylic acids is 1. The van der Waals surface area contributed by atoms with Crippen LogP contribution in [0.5, 0.6) is 0 Å². The van der Waals surface area contributed by atoms with E-state index in [2.05, 4.69) is 24.9 Å². The highest BCUT2D eigenvalue weighted by Gasteiger charge is 2.01. The zero-order valence-electron chi connectivity index (χ0n) is 10.4. The molecular weight excluding hydrogens is 230 g/mol. The van der Waals surface area contributed by atoms with E-state index >= 15 is 0 Å². The van der Waals surface area contributed by atoms with Crippen molar-refractivity contribution in [3.63, 3.8) is 0 Å². The first kappa shape index (κ1) is 14.1. The number of benzene rings is 1. The number of rotatable bonds is 7. The van der Waals surface area contributed by atoms with E-state index in [1.165, 1.54) is 19.3 Å². The average molecular weight is 251 g/mol. The van der Waals surface area contributed by atoms with Crippen LogP contribution in [-0.2, 0) is 4.79 Å². The molecule has 0 heterocycles. The number of unbranched alkanes of at least 4 members (excludes halogenated alkanes) is 4. The second-order valence-corrected chi connectivity index (χ2v) is 4.78. The maximum absolute atomic E-state index is 11.6. The first-order chi connectivity index (χ1) is 8.22. The fourth-order valence-electron chi connectivity index (χ4n) is 1.66. The van der Waals surface area contributed by atoms with Gasteiger partial charge in [0.05, 0.1) is 0 Å². The van der Waals surface area contributed by atoms with Crippen molar-refractivity contribution in [3.8, 4) is 0 Å². The van der Waals surface area contributed by atoms with Crippen molar-refractivity contribution < 1.29 is 4.79 Å². The molecule has 0 unspecified atom stereocenters. The summed E-state index contributed by atoms with van der Waals surface area (Å²) in [6.45, 7) is 2.19. The fraction of sp³-hybridized carbons (Fsp3) is 0.500. The van der Waals surface area contributed by atoms with Crippen molar-refractivity contribution in [2.45, 2.75) is 50.3 Å². The highest BCUT2D eigenvalue weighted by atomic mass is 32.1. The molecule has 0 aromatic heterocycles. The van der Waals surface area contributed by atoms with Gasteiger partial charge in [0, 0.05) is 17.0 Å². The smallest absolute Gasteiger partial charge is 0.224 e. The van der Waals surface area contributed by atoms with E-state index in [0.717, 1.165) is 23.4 Å². The number of hydrogen-bond donors (Lipinski definition) is 2. The largest absolute Gasteiger partial charge is 0.326 e. The molecule has 1 amide bonds. The maximum atomic E-state index is 11.6. The SMILES string of the molecule is CCCCCCCC(=O)Nc1ccc(S)cc1. The second kappa shape index (κ2) is 8.18. The van der Waals surface area contributed by atoms with Gasteiger partial charge in [0.2, 0.25) is 5.91 Å². The monoisotopic (exact) mass is 251 g/mol. The zero-order valence-corrected chi connectivity index (χ0v) is 11.3. The van der Waals surface area contributed by atoms with E-state index in [4.69, 9.17) is 0 Å². The third-order valence-corrected chi connectivity index (χ3v) is 2.96. The molecular formula is C14H21NOS. The molecule has 0 aliphatic heterocycles. The van der Waals surface area contributed by atoms with E-state index < -0.39 is 0 Å². The average Bonchev–Trinajstić information content (AvgIpc) is 2.32. The van der Waals surface area contributed by atoms with Crippen LogP contribution in [0, 0.1) is 0 Å². The Balaban J connectivity index is 2.18. The molecule has 0 aliphatic carbocycles. The third-order valence-electron chi connectivity index (χ3n) is 2.66. The van der Waals surface area contributed by atoms with Gasteiger partial charge in [-0.3, -0.25) is 4.79 Å². The van der Waals surface area contributed by atoms with Gasteiger partial charge < -0.3 is 5.32 Å². The van der Waals surface area contributed by atoms with Gasteiger partial charge in [-0.1, -0.05) is 32.6 Å². The van der Waals surface area contributed by atoms with Crippen molar-refractivity contribution in [1.82, 2.24) is 0 Å². The standard InChI is InChI=1S/C14H21NOS/c1-2-3-4-5-6-7-14(16)15-12-8-10-13(17)11-9-12/h8-11,17H,2-7H2,1H3,(H,15,16). The topological polar surface area (TPSA) is 29.1 Å². The number of anilines is 1. The Labute approximate surface area is 109 Å². The summed E-state index contributed by atoms with van der Waals surface area (Å²) < 4.78 is 0. The first-order valence-electron chi connectivity index (χ1n) is 6.31. The zero-order chi connectivity index (χ0) is 12.5. The lowest BCUT2D eigenvalue weighted by Crippen LogP contribution is -2.10. The van der Waals surface area contributed by atoms with Gasteiger partial charge in [-0.2, -0.15) is 0 Å². The molecule has 2 nitrogen and oxygen atoms in total. The van der Waals surface area contributed by atoms with Crippen LogP contribution in [0.1, 0.15) is 45.4 Å². The molecule has 1 aromatic carbocycles. The summed E-state index contributed by atoms with van der Waals surface area (Å²) in [4.78, 5) is 12.5. The molecule has 1 aromatic rings. The van der Waals surface area contributed by atoms with Crippen LogP contribution in [0.3, 0.4) is 0 Å². The van der Waals surface area contributed by atoms with Crippen molar-refractivity contribution in [2.75, 3.05) is 5.32 Å². The van der Waals surface area contributed by atoms with Gasteiger partial charge in [0.25, 0.3) is 0 Å². The van der Waals surface area contributed by atoms with E-state index in [1.807, 2.05) is 24.3 Å². The minimum atomic E-state index is 0.105. The lowest BCUT2D eigenvalue weighted by atomic mass is 10.1. The van der Waals surface area contributed by atoms with E-state index in [-0.39, 0.29) is 5.91 Å². The van der Waals surface area contributed by atoms with Gasteiger partial charge in [-0.05, 0) is 30.7 Å². The molecule has 0 radical (unpaired) electrons. The number of amides is 1. The van der Waals surface area contributed by atoms with Crippen molar-refractivity contribution in [1.29, 1.82) is 0 Å². The molecule has 0 saturated heterocycles. The Hall–Kier alpha value is -0.960. The van der Waals surface area contributed by atoms with E-state index in [0.29, 0.717) is 6.42 Å². The molecule has 0 spiro atoms. The highest BCUT2D eigenvalue weighted by Crippen LogP contribution is 2.13. The molecule has 0 aliphatic rings. The van der Waals surface area contributed by atoms with Gasteiger partial charge in [0.15, 0.2) is 0 Å². The van der Waals surface area contributed by atoms with Crippen molar-refractivity contribution in [2.24, 2.45) is 0 Å². The third kappa shape index (κ3) is 6.37. The Bertz CT molecular complexity index is 335. The summed E-state index contributed by atoms with van der Waals surface area (Å²) in [7, 11) is 0. The van der Waals surface area contributed by atoms with Gasteiger partial charge >= 0.3 is 0 Å². The van der Waals surface area contributed by atoms with Crippen LogP contribution >= 0.6 is 12.6 Å². The van der Waals surface area contributed by atoms with Crippen LogP contribution in [0.15, 0.2) is 29.2 Å². The predicted octanol–water partition coefficient (Wildman–Crippen LogP) is 4.27. The van der Waals surface area contributed by atoms with Crippen LogP contribution < -0.4 is 5.32 Å². The molecule has 17 heavy (non-hydrogen) atoms. The Morgan fingerprint density at radius 1 is 1.12 bits per heavy atom. The Morgan fingerprint density at radius 2 is 1.76 bits per heavy atom. The predicted molar refractivity (Wildman–Crippen MR) is 75.7 cm³/mol. The fourth-order valence-corrected chi connectivity index (χ4v) is 1.81. The summed E-state index contributed by atoms with van der Waals surface area (Å²) in [6, 6.07) is 7.49. The molecule has 1 rings (SSSR count). The van der Waals surface area contributed by atoms with Crippen LogP contribution in [-0.4, -0.2) is 5.91 Å². The number of nitrogens with one attached hydrogen (secondary N) is 1. The summed E-state index contributed by atoms with van der Waals surface area (Å²) in [5.74, 6) is 0.105. The lowest BCUT2D eigenvalue weighted by molar-refractivity contribution is -0.116. The number of hydrogen-bond acceptors (Lipinski definition) is 2. The molecule has 0 fully saturated rings. The first-order valence-corrected chi connectivity index (χ1v) is 6.76. The highest BCUT2D eigenvalue weighted by molar-refractivity contribution is 7.80. The molecule has 0 atom stereocenters. The molecule has 1 N–H and O–H groups in total. The number of carbonyl (C=O) groups is 1. The molecule has 3 heteroatoms. The van der Waals surface area contributed by atoms with Crippen molar-refractivity contribution >= 4 is 24.2 Å². The van der Waals surface area contributed by atoms with Crippen LogP contribution in [0.25, 0.3) is 0 Å². The molecule has 94 valence electrons. The normalized spacial score (nSPS) is 10.2. The second-order valence-electron chi connectivity index (χ2n) is 4.26. The lowest BCUT2D eigenvalue weighted by Gasteiger charge is -2.05. The van der Waals surface area contributed by atoms with Crippen LogP contribution in [0.4, 0.5) is 5.69 Å². The minimum Gasteiger partial charge on any atom is -0.326 e. The van der Waals surface area contributed by atoms with E-state index in [9.17, 15) is 4.79 Å². The Morgan fingerprint density at radius 3 is 2.41 bits per heavy atom. The van der Waals surface area contributed by atoms with Gasteiger partial charge in [-0.15, -0.1) is 12.6 Å². The van der Waals surface area contributed by atoms with Gasteiger partial charge in [0.1, 0.15) is 0 Å². The summed E-state index contributed by atoms with van der Waals surface area (Å²) in [5.41, 5.74) is 0.848. The molecule has 0 bridgehead atoms. The maximum Gasteiger partial charge on any atom is 0.224 e. The van der Waals surface area contributed by atoms with Gasteiger partial charge in [-0.25, -0.2) is 0 Å². The van der Waals surface area contributed by atoms with Crippen LogP contribution in [0.2, 0.25) is 0 Å². The quantitative estimate of drug-likeness (QED) is 0.550. The summed E-state index contributed by atoms with van der Waals surface area (Å²) in [6.07, 6.45) is 6.49. The Kier molecular flexibility index (Phi) is 6.78. The summed E-state index contributed by atoms with van der Waals surface area (Å²) >= 11 is 4.20. The summed E-state index contributed by atoms with van der Waals surface area (Å²) in [5, 5.41) is 2.89. The van der Waals surface area contributed by atoms with Crippen molar-refractivity contribution in [3.05, 3.63) is 24.3 Å².